The number of carbonyl (C=O) groups is 2. The molecule has 1 aliphatic carbocycles. The van der Waals surface area contributed by atoms with Gasteiger partial charge in [0.2, 0.25) is 11.8 Å². The standard InChI is InChI=1S/C22H32N4O2/c1-22(2)18-6-4-5-7-19(18)26(21(22)28)17-10-12-25(13-11-17)24-20(27)15-8-9-16(14-15)23-3/h4-7,15-17,23H,8-14H2,1-3H3,(H,24,27)/t15-,16+/m0/s1. The fourth-order valence-electron chi connectivity index (χ4n) is 5.07. The second-order valence-electron chi connectivity index (χ2n) is 9.01. The van der Waals surface area contributed by atoms with E-state index < -0.39 is 5.41 Å². The maximum atomic E-state index is 13.1. The van der Waals surface area contributed by atoms with E-state index in [1.54, 1.807) is 0 Å². The number of nitrogens with one attached hydrogen (secondary N) is 2. The van der Waals surface area contributed by atoms with Crippen molar-refractivity contribution in [3.8, 4) is 0 Å². The zero-order valence-corrected chi connectivity index (χ0v) is 17.2. The monoisotopic (exact) mass is 384 g/mol. The van der Waals surface area contributed by atoms with Crippen molar-refractivity contribution in [2.45, 2.75) is 63.5 Å². The Kier molecular flexibility index (Phi) is 5.19. The van der Waals surface area contributed by atoms with Gasteiger partial charge in [0.05, 0.1) is 5.41 Å². The Morgan fingerprint density at radius 2 is 1.82 bits per heavy atom. The number of piperidine rings is 1. The fourth-order valence-corrected chi connectivity index (χ4v) is 5.07. The average Bonchev–Trinajstić information content (AvgIpc) is 3.25. The van der Waals surface area contributed by atoms with Gasteiger partial charge in [-0.25, -0.2) is 5.01 Å². The van der Waals surface area contributed by atoms with Crippen LogP contribution in [0.5, 0.6) is 0 Å². The molecule has 1 saturated heterocycles. The number of fused-ring (bicyclic) bond motifs is 1. The molecule has 0 spiro atoms. The van der Waals surface area contributed by atoms with E-state index in [2.05, 4.69) is 22.9 Å². The lowest BCUT2D eigenvalue weighted by Gasteiger charge is -2.37. The Morgan fingerprint density at radius 1 is 1.11 bits per heavy atom. The lowest BCUT2D eigenvalue weighted by molar-refractivity contribution is -0.130. The fraction of sp³-hybridized carbons (Fsp3) is 0.636. The van der Waals surface area contributed by atoms with Crippen molar-refractivity contribution in [1.29, 1.82) is 0 Å². The van der Waals surface area contributed by atoms with Crippen LogP contribution in [0, 0.1) is 5.92 Å². The number of hydrazine groups is 1. The van der Waals surface area contributed by atoms with Gasteiger partial charge >= 0.3 is 0 Å². The van der Waals surface area contributed by atoms with Gasteiger partial charge in [-0.3, -0.25) is 15.0 Å². The van der Waals surface area contributed by atoms with E-state index in [1.165, 1.54) is 0 Å². The molecule has 152 valence electrons. The van der Waals surface area contributed by atoms with Gasteiger partial charge in [0, 0.05) is 36.8 Å². The normalized spacial score (nSPS) is 27.8. The van der Waals surface area contributed by atoms with Crippen molar-refractivity contribution in [3.63, 3.8) is 0 Å². The summed E-state index contributed by atoms with van der Waals surface area (Å²) in [6.45, 7) is 5.60. The van der Waals surface area contributed by atoms with Crippen LogP contribution in [0.15, 0.2) is 24.3 Å². The third-order valence-electron chi connectivity index (χ3n) is 6.90. The van der Waals surface area contributed by atoms with E-state index in [1.807, 2.05) is 42.9 Å². The molecule has 2 fully saturated rings. The Hall–Kier alpha value is -1.92. The molecule has 28 heavy (non-hydrogen) atoms. The van der Waals surface area contributed by atoms with Crippen LogP contribution in [0.3, 0.4) is 0 Å². The van der Waals surface area contributed by atoms with E-state index in [-0.39, 0.29) is 23.8 Å². The molecule has 2 atom stereocenters. The number of hydrogen-bond acceptors (Lipinski definition) is 4. The van der Waals surface area contributed by atoms with Crippen LogP contribution in [-0.4, -0.2) is 49.0 Å². The summed E-state index contributed by atoms with van der Waals surface area (Å²) in [5, 5.41) is 5.32. The van der Waals surface area contributed by atoms with Crippen molar-refractivity contribution < 1.29 is 9.59 Å². The predicted octanol–water partition coefficient (Wildman–Crippen LogP) is 2.19. The number of hydrogen-bond donors (Lipinski definition) is 2. The summed E-state index contributed by atoms with van der Waals surface area (Å²) in [4.78, 5) is 27.7. The van der Waals surface area contributed by atoms with Gasteiger partial charge in [0.1, 0.15) is 0 Å². The molecule has 4 rings (SSSR count). The van der Waals surface area contributed by atoms with Crippen molar-refractivity contribution in [1.82, 2.24) is 15.8 Å². The number of carbonyl (C=O) groups excluding carboxylic acids is 2. The summed E-state index contributed by atoms with van der Waals surface area (Å²) in [7, 11) is 1.97. The molecule has 2 heterocycles. The van der Waals surface area contributed by atoms with Gasteiger partial charge < -0.3 is 10.2 Å². The van der Waals surface area contributed by atoms with Crippen LogP contribution in [-0.2, 0) is 15.0 Å². The maximum Gasteiger partial charge on any atom is 0.237 e. The Bertz CT molecular complexity index is 755. The second kappa shape index (κ2) is 7.48. The highest BCUT2D eigenvalue weighted by Gasteiger charge is 2.46. The minimum Gasteiger partial charge on any atom is -0.317 e. The van der Waals surface area contributed by atoms with E-state index in [0.29, 0.717) is 6.04 Å². The summed E-state index contributed by atoms with van der Waals surface area (Å²) in [6.07, 6.45) is 4.71. The molecule has 6 nitrogen and oxygen atoms in total. The highest BCUT2D eigenvalue weighted by Crippen LogP contribution is 2.43. The van der Waals surface area contributed by atoms with Crippen molar-refractivity contribution >= 4 is 17.5 Å². The quantitative estimate of drug-likeness (QED) is 0.835. The molecule has 2 aliphatic heterocycles. The van der Waals surface area contributed by atoms with E-state index in [4.69, 9.17) is 0 Å². The number of rotatable bonds is 4. The van der Waals surface area contributed by atoms with E-state index >= 15 is 0 Å². The third kappa shape index (κ3) is 3.33. The van der Waals surface area contributed by atoms with E-state index in [0.717, 1.165) is 56.4 Å². The van der Waals surface area contributed by atoms with Crippen LogP contribution in [0.2, 0.25) is 0 Å². The number of anilines is 1. The second-order valence-corrected chi connectivity index (χ2v) is 9.01. The molecule has 6 heteroatoms. The highest BCUT2D eigenvalue weighted by molar-refractivity contribution is 6.08. The summed E-state index contributed by atoms with van der Waals surface area (Å²) in [6, 6.07) is 8.82. The number of amides is 2. The molecule has 0 radical (unpaired) electrons. The summed E-state index contributed by atoms with van der Waals surface area (Å²) in [5.41, 5.74) is 4.84. The average molecular weight is 385 g/mol. The highest BCUT2D eigenvalue weighted by atomic mass is 16.2. The molecule has 2 amide bonds. The van der Waals surface area contributed by atoms with Gasteiger partial charge in [-0.1, -0.05) is 18.2 Å². The molecular formula is C22H32N4O2. The van der Waals surface area contributed by atoms with Crippen LogP contribution in [0.1, 0.15) is 51.5 Å². The molecule has 0 aromatic heterocycles. The molecule has 0 unspecified atom stereocenters. The molecule has 0 bridgehead atoms. The first-order valence-electron chi connectivity index (χ1n) is 10.6. The number of para-hydroxylation sites is 1. The van der Waals surface area contributed by atoms with Gasteiger partial charge in [0.15, 0.2) is 0 Å². The maximum absolute atomic E-state index is 13.1. The molecule has 1 aromatic carbocycles. The van der Waals surface area contributed by atoms with Gasteiger partial charge in [0.25, 0.3) is 0 Å². The molecule has 1 aromatic rings. The van der Waals surface area contributed by atoms with Crippen molar-refractivity contribution in [2.75, 3.05) is 25.0 Å². The first-order valence-corrected chi connectivity index (χ1v) is 10.6. The third-order valence-corrected chi connectivity index (χ3v) is 6.90. The lowest BCUT2D eigenvalue weighted by atomic mass is 9.86. The van der Waals surface area contributed by atoms with Crippen molar-refractivity contribution in [2.24, 2.45) is 5.92 Å². The summed E-state index contributed by atoms with van der Waals surface area (Å²) < 4.78 is 0. The minimum atomic E-state index is -0.464. The zero-order valence-electron chi connectivity index (χ0n) is 17.2. The van der Waals surface area contributed by atoms with E-state index in [9.17, 15) is 9.59 Å². The van der Waals surface area contributed by atoms with Gasteiger partial charge in [-0.2, -0.15) is 0 Å². The molecule has 3 aliphatic rings. The zero-order chi connectivity index (χ0) is 19.9. The molecule has 2 N–H and O–H groups in total. The molecular weight excluding hydrogens is 352 g/mol. The number of benzene rings is 1. The predicted molar refractivity (Wildman–Crippen MR) is 110 cm³/mol. The first-order chi connectivity index (χ1) is 13.4. The molecule has 1 saturated carbocycles. The van der Waals surface area contributed by atoms with Gasteiger partial charge in [-0.05, 0) is 64.6 Å². The Morgan fingerprint density at radius 3 is 2.50 bits per heavy atom. The lowest BCUT2D eigenvalue weighted by Crippen LogP contribution is -2.53. The van der Waals surface area contributed by atoms with Crippen LogP contribution < -0.4 is 15.6 Å². The largest absolute Gasteiger partial charge is 0.317 e. The summed E-state index contributed by atoms with van der Waals surface area (Å²) >= 11 is 0. The van der Waals surface area contributed by atoms with Crippen LogP contribution in [0.4, 0.5) is 5.69 Å². The van der Waals surface area contributed by atoms with Crippen molar-refractivity contribution in [3.05, 3.63) is 29.8 Å². The van der Waals surface area contributed by atoms with Gasteiger partial charge in [-0.15, -0.1) is 0 Å². The Balaban J connectivity index is 1.36. The summed E-state index contributed by atoms with van der Waals surface area (Å²) in [5.74, 6) is 0.461. The minimum absolute atomic E-state index is 0.114. The number of nitrogens with zero attached hydrogens (tertiary/aromatic N) is 2. The smallest absolute Gasteiger partial charge is 0.237 e. The first kappa shape index (κ1) is 19.4. The van der Waals surface area contributed by atoms with Crippen LogP contribution in [0.25, 0.3) is 0 Å². The Labute approximate surface area is 167 Å². The topological polar surface area (TPSA) is 64.7 Å². The SMILES string of the molecule is CN[C@@H]1CC[C@H](C(=O)NN2CCC(N3C(=O)C(C)(C)c4ccccc43)CC2)C1. The van der Waals surface area contributed by atoms with Crippen LogP contribution >= 0.6 is 0 Å².